The number of carbonyl (C=O) groups is 1. The Morgan fingerprint density at radius 2 is 2.11 bits per heavy atom. The Morgan fingerprint density at radius 1 is 1.39 bits per heavy atom. The molecule has 0 saturated carbocycles. The molecule has 0 aromatic carbocycles. The molecule has 2 aromatic heterocycles. The van der Waals surface area contributed by atoms with E-state index in [0.717, 1.165) is 22.3 Å². The maximum absolute atomic E-state index is 11.8. The lowest BCUT2D eigenvalue weighted by Gasteiger charge is -2.17. The molecule has 0 radical (unpaired) electrons. The van der Waals surface area contributed by atoms with Crippen LogP contribution in [-0.4, -0.2) is 15.8 Å². The lowest BCUT2D eigenvalue weighted by molar-refractivity contribution is -0.119. The van der Waals surface area contributed by atoms with Crippen molar-refractivity contribution >= 4 is 27.3 Å². The normalized spacial score (nSPS) is 13.2. The van der Waals surface area contributed by atoms with Gasteiger partial charge in [-0.3, -0.25) is 4.79 Å². The fourth-order valence-electron chi connectivity index (χ4n) is 2.32. The number of hydrogen-bond acceptors (Lipinski definition) is 4. The van der Waals surface area contributed by atoms with Gasteiger partial charge in [-0.1, -0.05) is 20.8 Å². The fraction of sp³-hybridized carbons (Fsp3) is 0.500. The third-order valence-corrected chi connectivity index (χ3v) is 4.35. The molecule has 1 unspecified atom stereocenters. The summed E-state index contributed by atoms with van der Waals surface area (Å²) >= 11 is 1.69. The lowest BCUT2D eigenvalue weighted by atomic mass is 9.87. The summed E-state index contributed by atoms with van der Waals surface area (Å²) in [5.41, 5.74) is 0.887. The molecule has 18 heavy (non-hydrogen) atoms. The summed E-state index contributed by atoms with van der Waals surface area (Å²) < 4.78 is 0. The van der Waals surface area contributed by atoms with Crippen molar-refractivity contribution in [3.05, 3.63) is 23.0 Å². The Morgan fingerprint density at radius 3 is 2.67 bits per heavy atom. The summed E-state index contributed by atoms with van der Waals surface area (Å²) in [6.07, 6.45) is 2.57. The number of nitrogens with zero attached hydrogens (tertiary/aromatic N) is 2. The van der Waals surface area contributed by atoms with Crippen LogP contribution in [0.15, 0.2) is 12.4 Å². The molecule has 0 aliphatic rings. The standard InChI is InChI=1S/C14H18N2OS/c1-5-10-6-11-13(12(8(2)3)9(4)17)15-7-16-14(11)18-10/h6-8,12H,5H2,1-4H3. The highest BCUT2D eigenvalue weighted by Crippen LogP contribution is 2.33. The van der Waals surface area contributed by atoms with Gasteiger partial charge < -0.3 is 0 Å². The van der Waals surface area contributed by atoms with Crippen molar-refractivity contribution in [2.75, 3.05) is 0 Å². The van der Waals surface area contributed by atoms with Crippen LogP contribution in [0.5, 0.6) is 0 Å². The van der Waals surface area contributed by atoms with Crippen molar-refractivity contribution in [2.24, 2.45) is 5.92 Å². The van der Waals surface area contributed by atoms with Gasteiger partial charge in [0.25, 0.3) is 0 Å². The molecule has 1 atom stereocenters. The second-order valence-electron chi connectivity index (χ2n) is 4.88. The number of ketones is 1. The quantitative estimate of drug-likeness (QED) is 0.845. The minimum absolute atomic E-state index is 0.130. The Labute approximate surface area is 111 Å². The molecule has 0 amide bonds. The molecule has 4 heteroatoms. The number of carbonyl (C=O) groups excluding carboxylic acids is 1. The van der Waals surface area contributed by atoms with E-state index in [4.69, 9.17) is 0 Å². The van der Waals surface area contributed by atoms with Crippen LogP contribution in [0, 0.1) is 5.92 Å². The molecule has 0 bridgehead atoms. The van der Waals surface area contributed by atoms with Crippen molar-refractivity contribution in [2.45, 2.75) is 40.0 Å². The van der Waals surface area contributed by atoms with Crippen LogP contribution in [0.2, 0.25) is 0 Å². The highest BCUT2D eigenvalue weighted by atomic mass is 32.1. The summed E-state index contributed by atoms with van der Waals surface area (Å²) in [6.45, 7) is 7.90. The number of thiophene rings is 1. The van der Waals surface area contributed by atoms with Crippen molar-refractivity contribution in [3.8, 4) is 0 Å². The number of aromatic nitrogens is 2. The molecule has 0 aliphatic carbocycles. The Kier molecular flexibility index (Phi) is 3.76. The van der Waals surface area contributed by atoms with Crippen LogP contribution in [0.25, 0.3) is 10.2 Å². The van der Waals surface area contributed by atoms with Gasteiger partial charge in [0.15, 0.2) is 0 Å². The van der Waals surface area contributed by atoms with E-state index in [1.165, 1.54) is 4.88 Å². The lowest BCUT2D eigenvalue weighted by Crippen LogP contribution is -2.17. The molecule has 0 spiro atoms. The number of fused-ring (bicyclic) bond motifs is 1. The molecule has 2 aromatic rings. The zero-order valence-electron chi connectivity index (χ0n) is 11.2. The summed E-state index contributed by atoms with van der Waals surface area (Å²) in [5, 5.41) is 1.05. The van der Waals surface area contributed by atoms with Gasteiger partial charge in [-0.05, 0) is 25.3 Å². The van der Waals surface area contributed by atoms with Gasteiger partial charge in [-0.2, -0.15) is 0 Å². The zero-order valence-corrected chi connectivity index (χ0v) is 12.0. The fourth-order valence-corrected chi connectivity index (χ4v) is 3.27. The zero-order chi connectivity index (χ0) is 13.3. The highest BCUT2D eigenvalue weighted by Gasteiger charge is 2.25. The SMILES string of the molecule is CCc1cc2c(C(C(C)=O)C(C)C)ncnc2s1. The Bertz CT molecular complexity index is 574. The van der Waals surface area contributed by atoms with Gasteiger partial charge in [-0.25, -0.2) is 9.97 Å². The molecule has 0 fully saturated rings. The second-order valence-corrected chi connectivity index (χ2v) is 5.99. The van der Waals surface area contributed by atoms with Gasteiger partial charge in [0, 0.05) is 10.3 Å². The van der Waals surface area contributed by atoms with Crippen molar-refractivity contribution in [1.82, 2.24) is 9.97 Å². The van der Waals surface area contributed by atoms with Gasteiger partial charge >= 0.3 is 0 Å². The number of hydrogen-bond donors (Lipinski definition) is 0. The van der Waals surface area contributed by atoms with E-state index in [1.54, 1.807) is 24.6 Å². The van der Waals surface area contributed by atoms with E-state index in [9.17, 15) is 4.79 Å². The van der Waals surface area contributed by atoms with Crippen LogP contribution >= 0.6 is 11.3 Å². The average molecular weight is 262 g/mol. The molecule has 2 rings (SSSR count). The maximum Gasteiger partial charge on any atom is 0.139 e. The molecule has 0 N–H and O–H groups in total. The van der Waals surface area contributed by atoms with E-state index >= 15 is 0 Å². The molecule has 3 nitrogen and oxygen atoms in total. The first kappa shape index (κ1) is 13.1. The Balaban J connectivity index is 2.62. The van der Waals surface area contributed by atoms with Crippen LogP contribution in [0.4, 0.5) is 0 Å². The van der Waals surface area contributed by atoms with E-state index < -0.39 is 0 Å². The van der Waals surface area contributed by atoms with E-state index in [1.807, 2.05) is 0 Å². The van der Waals surface area contributed by atoms with E-state index in [-0.39, 0.29) is 17.6 Å². The van der Waals surface area contributed by atoms with Crippen molar-refractivity contribution in [3.63, 3.8) is 0 Å². The van der Waals surface area contributed by atoms with Crippen LogP contribution in [-0.2, 0) is 11.2 Å². The van der Waals surface area contributed by atoms with Crippen molar-refractivity contribution < 1.29 is 4.79 Å². The second kappa shape index (κ2) is 5.14. The summed E-state index contributed by atoms with van der Waals surface area (Å²) in [7, 11) is 0. The molecule has 96 valence electrons. The van der Waals surface area contributed by atoms with Crippen molar-refractivity contribution in [1.29, 1.82) is 0 Å². The minimum atomic E-state index is -0.130. The molecule has 0 aliphatic heterocycles. The number of aryl methyl sites for hydroxylation is 1. The summed E-state index contributed by atoms with van der Waals surface area (Å²) in [5.74, 6) is 0.301. The average Bonchev–Trinajstić information content (AvgIpc) is 2.72. The Hall–Kier alpha value is -1.29. The topological polar surface area (TPSA) is 42.9 Å². The van der Waals surface area contributed by atoms with Crippen LogP contribution in [0.1, 0.15) is 44.2 Å². The first-order valence-electron chi connectivity index (χ1n) is 6.28. The minimum Gasteiger partial charge on any atom is -0.299 e. The summed E-state index contributed by atoms with van der Waals surface area (Å²) in [4.78, 5) is 22.8. The molecular formula is C14H18N2OS. The van der Waals surface area contributed by atoms with E-state index in [0.29, 0.717) is 0 Å². The monoisotopic (exact) mass is 262 g/mol. The molecule has 2 heterocycles. The van der Waals surface area contributed by atoms with Crippen LogP contribution in [0.3, 0.4) is 0 Å². The third kappa shape index (κ3) is 2.29. The molecular weight excluding hydrogens is 244 g/mol. The first-order chi connectivity index (χ1) is 8.54. The highest BCUT2D eigenvalue weighted by molar-refractivity contribution is 7.18. The predicted octanol–water partition coefficient (Wildman–Crippen LogP) is 3.58. The van der Waals surface area contributed by atoms with Gasteiger partial charge in [0.05, 0.1) is 11.6 Å². The van der Waals surface area contributed by atoms with E-state index in [2.05, 4.69) is 36.8 Å². The predicted molar refractivity (Wildman–Crippen MR) is 75.1 cm³/mol. The van der Waals surface area contributed by atoms with Gasteiger partial charge in [0.1, 0.15) is 16.9 Å². The van der Waals surface area contributed by atoms with Crippen LogP contribution < -0.4 is 0 Å². The molecule has 0 saturated heterocycles. The van der Waals surface area contributed by atoms with Gasteiger partial charge in [-0.15, -0.1) is 11.3 Å². The largest absolute Gasteiger partial charge is 0.299 e. The summed E-state index contributed by atoms with van der Waals surface area (Å²) in [6, 6.07) is 2.13. The number of Topliss-reactive ketones (excluding diaryl/α,β-unsaturated/α-hetero) is 1. The first-order valence-corrected chi connectivity index (χ1v) is 7.10. The maximum atomic E-state index is 11.8. The smallest absolute Gasteiger partial charge is 0.139 e. The third-order valence-electron chi connectivity index (χ3n) is 3.16. The number of rotatable bonds is 4. The van der Waals surface area contributed by atoms with Gasteiger partial charge in [0.2, 0.25) is 0 Å².